The number of fused-ring (bicyclic) bond motifs is 1. The number of amides is 1. The first-order chi connectivity index (χ1) is 12.4. The number of hydrogen-bond acceptors (Lipinski definition) is 5. The van der Waals surface area contributed by atoms with E-state index in [-0.39, 0.29) is 10.8 Å². The Kier molecular flexibility index (Phi) is 5.67. The third-order valence-electron chi connectivity index (χ3n) is 4.18. The third-order valence-corrected chi connectivity index (χ3v) is 7.02. The van der Waals surface area contributed by atoms with E-state index in [0.717, 1.165) is 27.2 Å². The van der Waals surface area contributed by atoms with E-state index in [2.05, 4.69) is 0 Å². The van der Waals surface area contributed by atoms with Gasteiger partial charge in [-0.15, -0.1) is 11.8 Å². The molecule has 3 rings (SSSR count). The van der Waals surface area contributed by atoms with Gasteiger partial charge in [-0.25, -0.2) is 8.42 Å². The van der Waals surface area contributed by atoms with Crippen molar-refractivity contribution in [2.24, 2.45) is 0 Å². The van der Waals surface area contributed by atoms with Crippen molar-refractivity contribution >= 4 is 33.4 Å². The molecule has 0 bridgehead atoms. The predicted octanol–water partition coefficient (Wildman–Crippen LogP) is 3.01. The van der Waals surface area contributed by atoms with Crippen molar-refractivity contribution in [3.05, 3.63) is 54.1 Å². The Morgan fingerprint density at radius 3 is 2.54 bits per heavy atom. The number of carbonyl (C=O) groups excluding carboxylic acids is 1. The maximum atomic E-state index is 13.0. The molecule has 0 unspecified atom stereocenters. The van der Waals surface area contributed by atoms with Crippen LogP contribution in [-0.2, 0) is 14.9 Å². The molecular weight excluding hydrogens is 372 g/mol. The Morgan fingerprint density at radius 2 is 1.85 bits per heavy atom. The molecule has 8 heteroatoms. The molecule has 1 aliphatic heterocycles. The molecule has 0 radical (unpaired) electrons. The lowest BCUT2D eigenvalue weighted by Gasteiger charge is -2.22. The number of benzene rings is 2. The molecule has 6 nitrogen and oxygen atoms in total. The van der Waals surface area contributed by atoms with E-state index >= 15 is 0 Å². The standard InChI is InChI=1S/C18H20N2O4S2/c1-19(24-2)26(22,23)15-10-8-14(9-11-15)18(21)20-12-5-13-25-17-7-4-3-6-16(17)20/h3-4,6-11H,5,12-13H2,1-2H3. The van der Waals surface area contributed by atoms with E-state index < -0.39 is 10.0 Å². The van der Waals surface area contributed by atoms with E-state index in [1.165, 1.54) is 26.3 Å². The zero-order chi connectivity index (χ0) is 18.7. The Bertz CT molecular complexity index is 898. The van der Waals surface area contributed by atoms with Crippen molar-refractivity contribution in [3.63, 3.8) is 0 Å². The van der Waals surface area contributed by atoms with Crippen LogP contribution in [0, 0.1) is 0 Å². The van der Waals surface area contributed by atoms with Crippen LogP contribution in [0.5, 0.6) is 0 Å². The highest BCUT2D eigenvalue weighted by atomic mass is 32.2. The van der Waals surface area contributed by atoms with Crippen LogP contribution in [-0.4, -0.2) is 45.2 Å². The number of anilines is 1. The van der Waals surface area contributed by atoms with Crippen molar-refractivity contribution in [2.45, 2.75) is 16.2 Å². The monoisotopic (exact) mass is 392 g/mol. The minimum atomic E-state index is -3.73. The summed E-state index contributed by atoms with van der Waals surface area (Å²) < 4.78 is 25.3. The maximum Gasteiger partial charge on any atom is 0.264 e. The van der Waals surface area contributed by atoms with Crippen molar-refractivity contribution in [2.75, 3.05) is 31.4 Å². The summed E-state index contributed by atoms with van der Waals surface area (Å²) in [6.07, 6.45) is 0.899. The Balaban J connectivity index is 1.90. The minimum Gasteiger partial charge on any atom is -0.307 e. The molecule has 26 heavy (non-hydrogen) atoms. The van der Waals surface area contributed by atoms with Gasteiger partial charge in [-0.1, -0.05) is 16.6 Å². The molecule has 1 heterocycles. The van der Waals surface area contributed by atoms with Crippen molar-refractivity contribution in [3.8, 4) is 0 Å². The van der Waals surface area contributed by atoms with Crippen molar-refractivity contribution < 1.29 is 18.0 Å². The van der Waals surface area contributed by atoms with Crippen molar-refractivity contribution in [1.29, 1.82) is 0 Å². The summed E-state index contributed by atoms with van der Waals surface area (Å²) in [4.78, 5) is 20.7. The van der Waals surface area contributed by atoms with Gasteiger partial charge in [0.25, 0.3) is 15.9 Å². The fraction of sp³-hybridized carbons (Fsp3) is 0.278. The molecule has 0 saturated heterocycles. The van der Waals surface area contributed by atoms with Gasteiger partial charge in [0.15, 0.2) is 0 Å². The number of para-hydroxylation sites is 1. The van der Waals surface area contributed by atoms with Gasteiger partial charge in [-0.3, -0.25) is 9.63 Å². The zero-order valence-corrected chi connectivity index (χ0v) is 16.2. The quantitative estimate of drug-likeness (QED) is 0.749. The average molecular weight is 393 g/mol. The number of nitrogens with zero attached hydrogens (tertiary/aromatic N) is 2. The van der Waals surface area contributed by atoms with Gasteiger partial charge < -0.3 is 4.90 Å². The number of carbonyl (C=O) groups is 1. The molecule has 0 aromatic heterocycles. The Labute approximate surface area is 157 Å². The number of rotatable bonds is 4. The molecule has 0 saturated carbocycles. The summed E-state index contributed by atoms with van der Waals surface area (Å²) in [7, 11) is -1.13. The zero-order valence-electron chi connectivity index (χ0n) is 14.6. The molecule has 1 aliphatic rings. The van der Waals surface area contributed by atoms with Crippen LogP contribution in [0.1, 0.15) is 16.8 Å². The van der Waals surface area contributed by atoms with Crippen LogP contribution in [0.4, 0.5) is 5.69 Å². The fourth-order valence-corrected chi connectivity index (χ4v) is 4.68. The second kappa shape index (κ2) is 7.79. The first-order valence-corrected chi connectivity index (χ1v) is 10.5. The Morgan fingerprint density at radius 1 is 1.15 bits per heavy atom. The lowest BCUT2D eigenvalue weighted by Crippen LogP contribution is -2.32. The van der Waals surface area contributed by atoms with Crippen LogP contribution >= 0.6 is 11.8 Å². The molecule has 0 atom stereocenters. The fourth-order valence-electron chi connectivity index (χ4n) is 2.71. The molecule has 0 aliphatic carbocycles. The van der Waals surface area contributed by atoms with Crippen LogP contribution < -0.4 is 4.90 Å². The van der Waals surface area contributed by atoms with Crippen molar-refractivity contribution in [1.82, 2.24) is 4.47 Å². The highest BCUT2D eigenvalue weighted by molar-refractivity contribution is 7.99. The molecule has 1 amide bonds. The second-order valence-electron chi connectivity index (χ2n) is 5.75. The summed E-state index contributed by atoms with van der Waals surface area (Å²) in [5.41, 5.74) is 1.35. The minimum absolute atomic E-state index is 0.0743. The molecular formula is C18H20N2O4S2. The highest BCUT2D eigenvalue weighted by Crippen LogP contribution is 2.34. The van der Waals surface area contributed by atoms with Crippen LogP contribution in [0.15, 0.2) is 58.3 Å². The van der Waals surface area contributed by atoms with E-state index in [9.17, 15) is 13.2 Å². The SMILES string of the molecule is CON(C)S(=O)(=O)c1ccc(C(=O)N2CCCSc3ccccc32)cc1. The van der Waals surface area contributed by atoms with E-state index in [4.69, 9.17) is 4.84 Å². The van der Waals surface area contributed by atoms with Crippen LogP contribution in [0.25, 0.3) is 0 Å². The summed E-state index contributed by atoms with van der Waals surface area (Å²) in [5, 5.41) is 0. The number of hydroxylamine groups is 1. The van der Waals surface area contributed by atoms with Crippen LogP contribution in [0.3, 0.4) is 0 Å². The third kappa shape index (κ3) is 3.64. The second-order valence-corrected chi connectivity index (χ2v) is 8.82. The van der Waals surface area contributed by atoms with Gasteiger partial charge in [0, 0.05) is 24.1 Å². The molecule has 2 aromatic carbocycles. The molecule has 138 valence electrons. The van der Waals surface area contributed by atoms with Gasteiger partial charge in [0.2, 0.25) is 0 Å². The van der Waals surface area contributed by atoms with E-state index in [1.807, 2.05) is 24.3 Å². The number of sulfonamides is 1. The molecule has 0 N–H and O–H groups in total. The first kappa shape index (κ1) is 18.9. The lowest BCUT2D eigenvalue weighted by atomic mass is 10.1. The summed E-state index contributed by atoms with van der Waals surface area (Å²) >= 11 is 1.74. The van der Waals surface area contributed by atoms with Gasteiger partial charge in [-0.05, 0) is 48.6 Å². The lowest BCUT2D eigenvalue weighted by molar-refractivity contribution is -0.0258. The number of thioether (sulfide) groups is 1. The summed E-state index contributed by atoms with van der Waals surface area (Å²) in [5.74, 6) is 0.824. The smallest absolute Gasteiger partial charge is 0.264 e. The molecule has 0 spiro atoms. The van der Waals surface area contributed by atoms with E-state index in [1.54, 1.807) is 28.8 Å². The maximum absolute atomic E-state index is 13.0. The Hall–Kier alpha value is -1.87. The molecule has 0 fully saturated rings. The first-order valence-electron chi connectivity index (χ1n) is 8.12. The van der Waals surface area contributed by atoms with E-state index in [0.29, 0.717) is 12.1 Å². The average Bonchev–Trinajstić information content (AvgIpc) is 2.89. The largest absolute Gasteiger partial charge is 0.307 e. The molecule has 2 aromatic rings. The van der Waals surface area contributed by atoms with Gasteiger partial charge in [-0.2, -0.15) is 0 Å². The van der Waals surface area contributed by atoms with Crippen LogP contribution in [0.2, 0.25) is 0 Å². The summed E-state index contributed by atoms with van der Waals surface area (Å²) in [6, 6.07) is 13.8. The van der Waals surface area contributed by atoms with Gasteiger partial charge in [0.05, 0.1) is 17.7 Å². The normalized spacial score (nSPS) is 14.8. The number of hydrogen-bond donors (Lipinski definition) is 0. The topological polar surface area (TPSA) is 66.9 Å². The predicted molar refractivity (Wildman–Crippen MR) is 102 cm³/mol. The highest BCUT2D eigenvalue weighted by Gasteiger charge is 2.24. The van der Waals surface area contributed by atoms with Gasteiger partial charge in [0.1, 0.15) is 0 Å². The summed E-state index contributed by atoms with van der Waals surface area (Å²) in [6.45, 7) is 0.634. The van der Waals surface area contributed by atoms with Gasteiger partial charge >= 0.3 is 0 Å².